The van der Waals surface area contributed by atoms with Crippen LogP contribution in [-0.2, 0) is 14.3 Å². The first-order chi connectivity index (χ1) is 21.2. The first-order valence-corrected chi connectivity index (χ1v) is 19.0. The van der Waals surface area contributed by atoms with Gasteiger partial charge in [0.25, 0.3) is 0 Å². The van der Waals surface area contributed by atoms with Crippen LogP contribution in [0, 0.1) is 0 Å². The summed E-state index contributed by atoms with van der Waals surface area (Å²) in [6.45, 7) is 7.83. The molecule has 44 heavy (non-hydrogen) atoms. The van der Waals surface area contributed by atoms with E-state index < -0.39 is 23.6 Å². The minimum absolute atomic E-state index is 0.429. The van der Waals surface area contributed by atoms with Crippen LogP contribution in [0.2, 0.25) is 0 Å². The van der Waals surface area contributed by atoms with Crippen molar-refractivity contribution in [1.29, 1.82) is 0 Å². The molecule has 6 nitrogen and oxygen atoms in total. The average Bonchev–Trinajstić information content (AvgIpc) is 2.99. The van der Waals surface area contributed by atoms with E-state index in [1.54, 1.807) is 6.92 Å². The van der Waals surface area contributed by atoms with Crippen LogP contribution in [0.1, 0.15) is 214 Å². The van der Waals surface area contributed by atoms with Gasteiger partial charge in [-0.05, 0) is 33.1 Å². The second-order valence-electron chi connectivity index (χ2n) is 13.4. The second kappa shape index (κ2) is 34.7. The Hall–Kier alpha value is -1.14. The summed E-state index contributed by atoms with van der Waals surface area (Å²) >= 11 is 0. The van der Waals surface area contributed by atoms with Gasteiger partial charge in [-0.1, -0.05) is 181 Å². The molecular formula is C38H76O6. The fourth-order valence-corrected chi connectivity index (χ4v) is 5.38. The predicted octanol–water partition coefficient (Wildman–Crippen LogP) is 11.1. The molecule has 0 spiro atoms. The zero-order valence-corrected chi connectivity index (χ0v) is 29.9. The number of esters is 1. The normalized spacial score (nSPS) is 13.1. The number of aliphatic carboxylic acids is 1. The maximum Gasteiger partial charge on any atom is 0.337 e. The first kappa shape index (κ1) is 45.0. The molecule has 0 amide bonds. The highest BCUT2D eigenvalue weighted by atomic mass is 16.5. The number of aliphatic hydroxyl groups is 2. The number of hydrogen-bond donors (Lipinski definition) is 3. The fraction of sp³-hybridized carbons (Fsp3) is 0.947. The molecule has 2 unspecified atom stereocenters. The molecule has 2 atom stereocenters. The molecule has 0 saturated heterocycles. The Balaban J connectivity index is 0. The van der Waals surface area contributed by atoms with Crippen molar-refractivity contribution < 1.29 is 29.6 Å². The molecule has 0 aliphatic rings. The topological polar surface area (TPSA) is 104 Å². The zero-order chi connectivity index (χ0) is 33.2. The monoisotopic (exact) mass is 629 g/mol. The summed E-state index contributed by atoms with van der Waals surface area (Å²) < 4.78 is 5.39. The number of ether oxygens (including phenoxy) is 1. The number of rotatable bonds is 32. The van der Waals surface area contributed by atoms with Crippen molar-refractivity contribution in [3.63, 3.8) is 0 Å². The lowest BCUT2D eigenvalue weighted by Crippen LogP contribution is -2.37. The molecule has 0 aromatic rings. The lowest BCUT2D eigenvalue weighted by Gasteiger charge is -2.21. The SMILES string of the molecule is CC(O)C(=O)O.CCCCCCCCCCCCCCCCOC(=O)C(C)(O)CCCCCCCCCCCCCCCC. The number of carbonyl (C=O) groups excluding carboxylic acids is 1. The Morgan fingerprint density at radius 3 is 1.07 bits per heavy atom. The predicted molar refractivity (Wildman–Crippen MR) is 186 cm³/mol. The molecule has 0 bridgehead atoms. The minimum atomic E-state index is -1.33. The van der Waals surface area contributed by atoms with Crippen LogP contribution in [-0.4, -0.2) is 45.6 Å². The molecule has 0 rings (SSSR count). The lowest BCUT2D eigenvalue weighted by atomic mass is 9.97. The molecule has 0 saturated carbocycles. The van der Waals surface area contributed by atoms with E-state index >= 15 is 0 Å². The summed E-state index contributed by atoms with van der Waals surface area (Å²) in [5.41, 5.74) is -1.33. The van der Waals surface area contributed by atoms with Crippen molar-refractivity contribution in [2.24, 2.45) is 0 Å². The van der Waals surface area contributed by atoms with Gasteiger partial charge in [0, 0.05) is 0 Å². The van der Waals surface area contributed by atoms with Crippen LogP contribution in [0.15, 0.2) is 0 Å². The highest BCUT2D eigenvalue weighted by Crippen LogP contribution is 2.19. The van der Waals surface area contributed by atoms with Gasteiger partial charge in [-0.2, -0.15) is 0 Å². The molecule has 0 aromatic heterocycles. The number of carboxylic acids is 1. The Labute approximate surface area is 273 Å². The van der Waals surface area contributed by atoms with E-state index in [0.29, 0.717) is 13.0 Å². The Kier molecular flexibility index (Phi) is 35.5. The van der Waals surface area contributed by atoms with Crippen LogP contribution in [0.25, 0.3) is 0 Å². The molecule has 264 valence electrons. The van der Waals surface area contributed by atoms with Crippen molar-refractivity contribution in [1.82, 2.24) is 0 Å². The van der Waals surface area contributed by atoms with Gasteiger partial charge < -0.3 is 20.1 Å². The van der Waals surface area contributed by atoms with E-state index in [1.165, 1.54) is 161 Å². The fourth-order valence-electron chi connectivity index (χ4n) is 5.38. The lowest BCUT2D eigenvalue weighted by molar-refractivity contribution is -0.164. The van der Waals surface area contributed by atoms with Gasteiger partial charge in [-0.15, -0.1) is 0 Å². The average molecular weight is 629 g/mol. The summed E-state index contributed by atoms with van der Waals surface area (Å²) in [5, 5.41) is 26.3. The standard InChI is InChI=1S/C35H70O3.C3H6O3/c1-4-6-8-10-12-14-16-18-20-22-24-26-28-30-32-35(3,37)34(36)38-33-31-29-27-25-23-21-19-17-15-13-11-9-7-5-2;1-2(4)3(5)6/h37H,4-33H2,1-3H3;2,4H,1H3,(H,5,6). The van der Waals surface area contributed by atoms with Gasteiger partial charge in [0.15, 0.2) is 5.60 Å². The summed E-state index contributed by atoms with van der Waals surface area (Å²) in [7, 11) is 0. The number of unbranched alkanes of at least 4 members (excludes halogenated alkanes) is 26. The molecule has 0 aliphatic carbocycles. The Morgan fingerprint density at radius 2 is 0.795 bits per heavy atom. The summed E-state index contributed by atoms with van der Waals surface area (Å²) in [5.74, 6) is -1.61. The Morgan fingerprint density at radius 1 is 0.545 bits per heavy atom. The molecule has 0 aliphatic heterocycles. The van der Waals surface area contributed by atoms with Crippen LogP contribution in [0.5, 0.6) is 0 Å². The largest absolute Gasteiger partial charge is 0.479 e. The van der Waals surface area contributed by atoms with Crippen LogP contribution in [0.3, 0.4) is 0 Å². The van der Waals surface area contributed by atoms with Gasteiger partial charge in [0.2, 0.25) is 0 Å². The van der Waals surface area contributed by atoms with Gasteiger partial charge in [-0.3, -0.25) is 0 Å². The van der Waals surface area contributed by atoms with Crippen molar-refractivity contribution in [3.05, 3.63) is 0 Å². The third-order valence-corrected chi connectivity index (χ3v) is 8.55. The number of hydrogen-bond acceptors (Lipinski definition) is 5. The second-order valence-corrected chi connectivity index (χ2v) is 13.4. The third kappa shape index (κ3) is 35.3. The van der Waals surface area contributed by atoms with Crippen LogP contribution in [0.4, 0.5) is 0 Å². The number of aliphatic hydroxyl groups excluding tert-OH is 1. The maximum absolute atomic E-state index is 12.3. The summed E-state index contributed by atoms with van der Waals surface area (Å²) in [6.07, 6.45) is 36.1. The van der Waals surface area contributed by atoms with Crippen molar-refractivity contribution in [3.8, 4) is 0 Å². The quantitative estimate of drug-likeness (QED) is 0.0506. The highest BCUT2D eigenvalue weighted by molar-refractivity contribution is 5.78. The molecule has 0 radical (unpaired) electrons. The molecule has 3 N–H and O–H groups in total. The van der Waals surface area contributed by atoms with E-state index in [4.69, 9.17) is 14.9 Å². The smallest absolute Gasteiger partial charge is 0.337 e. The molecule has 6 heteroatoms. The number of carboxylic acid groups (broad SMARTS) is 1. The summed E-state index contributed by atoms with van der Waals surface area (Å²) in [6, 6.07) is 0. The zero-order valence-electron chi connectivity index (χ0n) is 29.9. The number of carbonyl (C=O) groups is 2. The van der Waals surface area contributed by atoms with Crippen molar-refractivity contribution in [2.45, 2.75) is 226 Å². The molecular weight excluding hydrogens is 552 g/mol. The van der Waals surface area contributed by atoms with E-state index in [-0.39, 0.29) is 0 Å². The van der Waals surface area contributed by atoms with Crippen molar-refractivity contribution >= 4 is 11.9 Å². The maximum atomic E-state index is 12.3. The van der Waals surface area contributed by atoms with Crippen LogP contribution < -0.4 is 0 Å². The van der Waals surface area contributed by atoms with E-state index in [1.807, 2.05) is 0 Å². The Bertz CT molecular complexity index is 604. The third-order valence-electron chi connectivity index (χ3n) is 8.55. The van der Waals surface area contributed by atoms with E-state index in [0.717, 1.165) is 25.7 Å². The van der Waals surface area contributed by atoms with Gasteiger partial charge in [-0.25, -0.2) is 9.59 Å². The van der Waals surface area contributed by atoms with Crippen LogP contribution >= 0.6 is 0 Å². The van der Waals surface area contributed by atoms with E-state index in [9.17, 15) is 14.7 Å². The molecule has 0 fully saturated rings. The summed E-state index contributed by atoms with van der Waals surface area (Å²) in [4.78, 5) is 21.7. The first-order valence-electron chi connectivity index (χ1n) is 19.0. The molecule has 0 heterocycles. The van der Waals surface area contributed by atoms with Gasteiger partial charge in [0.1, 0.15) is 6.10 Å². The highest BCUT2D eigenvalue weighted by Gasteiger charge is 2.31. The molecule has 0 aromatic carbocycles. The van der Waals surface area contributed by atoms with Crippen molar-refractivity contribution in [2.75, 3.05) is 6.61 Å². The van der Waals surface area contributed by atoms with E-state index in [2.05, 4.69) is 13.8 Å². The minimum Gasteiger partial charge on any atom is -0.479 e. The van der Waals surface area contributed by atoms with Gasteiger partial charge >= 0.3 is 11.9 Å². The van der Waals surface area contributed by atoms with Gasteiger partial charge in [0.05, 0.1) is 6.61 Å².